The van der Waals surface area contributed by atoms with Crippen LogP contribution < -0.4 is 10.6 Å². The minimum absolute atomic E-state index is 0.297. The Hall–Kier alpha value is -2.77. The van der Waals surface area contributed by atoms with Crippen LogP contribution in [0.2, 0.25) is 0 Å². The number of halogens is 2. The van der Waals surface area contributed by atoms with Crippen LogP contribution in [-0.4, -0.2) is 47.7 Å². The number of hydrogen-bond donors (Lipinski definition) is 2. The molecule has 2 N–H and O–H groups in total. The van der Waals surface area contributed by atoms with Crippen molar-refractivity contribution in [2.45, 2.75) is 24.8 Å². The van der Waals surface area contributed by atoms with Crippen LogP contribution in [0.25, 0.3) is 0 Å². The van der Waals surface area contributed by atoms with Crippen molar-refractivity contribution < 1.29 is 23.2 Å². The molecule has 1 saturated carbocycles. The molecule has 138 valence electrons. The predicted octanol–water partition coefficient (Wildman–Crippen LogP) is 1.55. The minimum atomic E-state index is -3.26. The average Bonchev–Trinajstić information content (AvgIpc) is 3.37. The van der Waals surface area contributed by atoms with Gasteiger partial charge in [0.15, 0.2) is 0 Å². The quantitative estimate of drug-likeness (QED) is 0.616. The number of benzene rings is 1. The van der Waals surface area contributed by atoms with E-state index in [9.17, 15) is 23.2 Å². The molecule has 26 heavy (non-hydrogen) atoms. The summed E-state index contributed by atoms with van der Waals surface area (Å²) in [6, 6.07) is 7.08. The standard InChI is InChI=1S/C18H19F2N3O3/c1-2-14(24)23-10-13(18(19,20)11-23)22-16(26)17(8-9-17)15(25)21-12-6-4-3-5-7-12/h2-7,13H,1,8-11H2,(H,21,25)(H,22,26). The molecule has 2 aliphatic rings. The van der Waals surface area contributed by atoms with Crippen LogP contribution >= 0.6 is 0 Å². The van der Waals surface area contributed by atoms with Crippen LogP contribution in [0.5, 0.6) is 0 Å². The molecular weight excluding hydrogens is 344 g/mol. The van der Waals surface area contributed by atoms with Gasteiger partial charge in [-0.1, -0.05) is 24.8 Å². The van der Waals surface area contributed by atoms with Crippen LogP contribution in [0.3, 0.4) is 0 Å². The molecule has 1 aromatic rings. The fraction of sp³-hybridized carbons (Fsp3) is 0.389. The number of para-hydroxylation sites is 1. The number of amides is 3. The van der Waals surface area contributed by atoms with Gasteiger partial charge in [0.25, 0.3) is 5.92 Å². The number of hydrogen-bond acceptors (Lipinski definition) is 3. The fourth-order valence-electron chi connectivity index (χ4n) is 2.98. The van der Waals surface area contributed by atoms with Crippen molar-refractivity contribution in [1.29, 1.82) is 0 Å². The van der Waals surface area contributed by atoms with E-state index in [-0.39, 0.29) is 6.54 Å². The third-order valence-corrected chi connectivity index (χ3v) is 4.76. The molecule has 0 radical (unpaired) electrons. The van der Waals surface area contributed by atoms with Crippen molar-refractivity contribution in [1.82, 2.24) is 10.2 Å². The molecule has 1 aromatic carbocycles. The molecule has 1 heterocycles. The monoisotopic (exact) mass is 363 g/mol. The van der Waals surface area contributed by atoms with Crippen LogP contribution in [0, 0.1) is 5.41 Å². The topological polar surface area (TPSA) is 78.5 Å². The van der Waals surface area contributed by atoms with Crippen molar-refractivity contribution in [3.05, 3.63) is 43.0 Å². The van der Waals surface area contributed by atoms with Gasteiger partial charge in [0.05, 0.1) is 6.54 Å². The second-order valence-corrected chi connectivity index (χ2v) is 6.61. The Morgan fingerprint density at radius 3 is 2.38 bits per heavy atom. The Morgan fingerprint density at radius 2 is 1.81 bits per heavy atom. The highest BCUT2D eigenvalue weighted by Crippen LogP contribution is 2.47. The first kappa shape index (κ1) is 18.0. The van der Waals surface area contributed by atoms with Gasteiger partial charge < -0.3 is 15.5 Å². The van der Waals surface area contributed by atoms with Crippen molar-refractivity contribution in [3.8, 4) is 0 Å². The Balaban J connectivity index is 1.66. The van der Waals surface area contributed by atoms with E-state index in [1.54, 1.807) is 30.3 Å². The first-order valence-electron chi connectivity index (χ1n) is 8.25. The summed E-state index contributed by atoms with van der Waals surface area (Å²) >= 11 is 0. The maximum absolute atomic E-state index is 14.1. The van der Waals surface area contributed by atoms with E-state index in [0.717, 1.165) is 11.0 Å². The molecule has 3 amide bonds. The zero-order chi connectivity index (χ0) is 18.9. The summed E-state index contributed by atoms with van der Waals surface area (Å²) in [5.74, 6) is -5.13. The summed E-state index contributed by atoms with van der Waals surface area (Å²) in [7, 11) is 0. The predicted molar refractivity (Wildman–Crippen MR) is 90.4 cm³/mol. The number of likely N-dealkylation sites (tertiary alicyclic amines) is 1. The first-order chi connectivity index (χ1) is 12.3. The summed E-state index contributed by atoms with van der Waals surface area (Å²) in [5, 5.41) is 4.91. The number of rotatable bonds is 5. The van der Waals surface area contributed by atoms with Crippen LogP contribution in [0.15, 0.2) is 43.0 Å². The fourth-order valence-corrected chi connectivity index (χ4v) is 2.98. The van der Waals surface area contributed by atoms with Gasteiger partial charge in [-0.05, 0) is 31.1 Å². The van der Waals surface area contributed by atoms with Gasteiger partial charge in [-0.2, -0.15) is 0 Å². The molecule has 1 atom stereocenters. The number of carbonyl (C=O) groups is 3. The molecule has 1 aliphatic carbocycles. The molecular formula is C18H19F2N3O3. The van der Waals surface area contributed by atoms with Crippen molar-refractivity contribution >= 4 is 23.4 Å². The van der Waals surface area contributed by atoms with Crippen molar-refractivity contribution in [3.63, 3.8) is 0 Å². The second kappa shape index (κ2) is 6.51. The highest BCUT2D eigenvalue weighted by molar-refractivity contribution is 6.13. The molecule has 1 unspecified atom stereocenters. The van der Waals surface area contributed by atoms with Gasteiger partial charge in [-0.25, -0.2) is 8.78 Å². The first-order valence-corrected chi connectivity index (χ1v) is 8.25. The number of alkyl halides is 2. The molecule has 3 rings (SSSR count). The van der Waals surface area contributed by atoms with Gasteiger partial charge in [-0.15, -0.1) is 0 Å². The van der Waals surface area contributed by atoms with Crippen LogP contribution in [-0.2, 0) is 14.4 Å². The van der Waals surface area contributed by atoms with E-state index in [4.69, 9.17) is 0 Å². The summed E-state index contributed by atoms with van der Waals surface area (Å²) in [4.78, 5) is 37.5. The Morgan fingerprint density at radius 1 is 1.15 bits per heavy atom. The number of anilines is 1. The summed E-state index contributed by atoms with van der Waals surface area (Å²) in [6.45, 7) is 2.17. The van der Waals surface area contributed by atoms with E-state index in [1.165, 1.54) is 0 Å². The van der Waals surface area contributed by atoms with Gasteiger partial charge in [-0.3, -0.25) is 14.4 Å². The maximum Gasteiger partial charge on any atom is 0.286 e. The third kappa shape index (κ3) is 3.31. The third-order valence-electron chi connectivity index (χ3n) is 4.76. The van der Waals surface area contributed by atoms with Crippen LogP contribution in [0.1, 0.15) is 12.8 Å². The zero-order valence-electron chi connectivity index (χ0n) is 14.0. The number of nitrogens with one attached hydrogen (secondary N) is 2. The lowest BCUT2D eigenvalue weighted by molar-refractivity contribution is -0.136. The molecule has 0 aromatic heterocycles. The largest absolute Gasteiger partial charge is 0.345 e. The van der Waals surface area contributed by atoms with Gasteiger partial charge >= 0.3 is 0 Å². The molecule has 0 spiro atoms. The zero-order valence-corrected chi connectivity index (χ0v) is 14.0. The minimum Gasteiger partial charge on any atom is -0.345 e. The van der Waals surface area contributed by atoms with Crippen molar-refractivity contribution in [2.75, 3.05) is 18.4 Å². The lowest BCUT2D eigenvalue weighted by Gasteiger charge is -2.22. The smallest absolute Gasteiger partial charge is 0.286 e. The van der Waals surface area contributed by atoms with Crippen LogP contribution in [0.4, 0.5) is 14.5 Å². The Bertz CT molecular complexity index is 747. The van der Waals surface area contributed by atoms with Crippen molar-refractivity contribution in [2.24, 2.45) is 5.41 Å². The lowest BCUT2D eigenvalue weighted by atomic mass is 10.0. The molecule has 1 saturated heterocycles. The van der Waals surface area contributed by atoms with E-state index in [0.29, 0.717) is 18.5 Å². The van der Waals surface area contributed by atoms with Gasteiger partial charge in [0, 0.05) is 12.2 Å². The Labute approximate surface area is 149 Å². The normalized spacial score (nSPS) is 22.4. The molecule has 0 bridgehead atoms. The molecule has 8 heteroatoms. The van der Waals surface area contributed by atoms with E-state index >= 15 is 0 Å². The van der Waals surface area contributed by atoms with E-state index in [2.05, 4.69) is 17.2 Å². The van der Waals surface area contributed by atoms with Gasteiger partial charge in [0.2, 0.25) is 17.7 Å². The summed E-state index contributed by atoms with van der Waals surface area (Å²) in [5.41, 5.74) is -0.799. The number of nitrogens with zero attached hydrogens (tertiary/aromatic N) is 1. The SMILES string of the molecule is C=CC(=O)N1CC(NC(=O)C2(C(=O)Nc3ccccc3)CC2)C(F)(F)C1. The highest BCUT2D eigenvalue weighted by Gasteiger charge is 2.59. The molecule has 6 nitrogen and oxygen atoms in total. The average molecular weight is 363 g/mol. The van der Waals surface area contributed by atoms with Gasteiger partial charge in [0.1, 0.15) is 11.5 Å². The Kier molecular flexibility index (Phi) is 4.52. The molecule has 1 aliphatic heterocycles. The summed E-state index contributed by atoms with van der Waals surface area (Å²) < 4.78 is 28.3. The second-order valence-electron chi connectivity index (χ2n) is 6.61. The summed E-state index contributed by atoms with van der Waals surface area (Å²) in [6.07, 6.45) is 1.55. The van der Waals surface area contributed by atoms with E-state index < -0.39 is 41.6 Å². The maximum atomic E-state index is 14.1. The van der Waals surface area contributed by atoms with E-state index in [1.807, 2.05) is 0 Å². The highest BCUT2D eigenvalue weighted by atomic mass is 19.3. The lowest BCUT2D eigenvalue weighted by Crippen LogP contribution is -2.51. The molecule has 2 fully saturated rings. The number of carbonyl (C=O) groups excluding carboxylic acids is 3.